The molecule has 0 radical (unpaired) electrons. The Balaban J connectivity index is 1.70. The van der Waals surface area contributed by atoms with Crippen LogP contribution in [0.3, 0.4) is 0 Å². The molecule has 0 aliphatic rings. The van der Waals surface area contributed by atoms with Gasteiger partial charge in [-0.15, -0.1) is 11.8 Å². The highest BCUT2D eigenvalue weighted by Crippen LogP contribution is 2.18. The van der Waals surface area contributed by atoms with Crippen LogP contribution in [0.25, 0.3) is 0 Å². The third-order valence-corrected chi connectivity index (χ3v) is 4.39. The van der Waals surface area contributed by atoms with Gasteiger partial charge in [-0.1, -0.05) is 23.7 Å². The fraction of sp³-hybridized carbons (Fsp3) is 0.222. The van der Waals surface area contributed by atoms with Crippen LogP contribution in [-0.2, 0) is 14.3 Å². The van der Waals surface area contributed by atoms with E-state index in [1.54, 1.807) is 43.3 Å². The van der Waals surface area contributed by atoms with E-state index in [0.29, 0.717) is 16.3 Å². The molecule has 4 nitrogen and oxygen atoms in total. The summed E-state index contributed by atoms with van der Waals surface area (Å²) in [5.74, 6) is -0.806. The minimum atomic E-state index is -0.475. The first-order chi connectivity index (χ1) is 11.9. The molecule has 1 N–H and O–H groups in total. The van der Waals surface area contributed by atoms with E-state index in [4.69, 9.17) is 16.3 Å². The quantitative estimate of drug-likeness (QED) is 0.719. The molecule has 0 spiro atoms. The molecule has 0 fully saturated rings. The average molecular weight is 382 g/mol. The van der Waals surface area contributed by atoms with Crippen molar-refractivity contribution >= 4 is 40.9 Å². The lowest BCUT2D eigenvalue weighted by Gasteiger charge is -2.13. The average Bonchev–Trinajstić information content (AvgIpc) is 2.57. The van der Waals surface area contributed by atoms with Crippen molar-refractivity contribution in [3.05, 3.63) is 64.9 Å². The summed E-state index contributed by atoms with van der Waals surface area (Å²) in [7, 11) is 0. The number of halogens is 2. The Morgan fingerprint density at radius 2 is 1.76 bits per heavy atom. The van der Waals surface area contributed by atoms with Gasteiger partial charge >= 0.3 is 5.97 Å². The molecule has 0 saturated carbocycles. The molecule has 2 rings (SSSR count). The molecule has 0 aromatic heterocycles. The Kier molecular flexibility index (Phi) is 7.28. The van der Waals surface area contributed by atoms with Gasteiger partial charge in [0.1, 0.15) is 11.9 Å². The first kappa shape index (κ1) is 19.3. The molecule has 0 saturated heterocycles. The second-order valence-corrected chi connectivity index (χ2v) is 6.65. The number of anilines is 1. The maximum absolute atomic E-state index is 12.9. The zero-order valence-corrected chi connectivity index (χ0v) is 15.1. The standard InChI is InChI=1S/C18H17ClFNO3S/c1-12(13-2-6-15(20)7-3-13)24-18(23)11-25-10-17(22)21-16-8-4-14(19)5-9-16/h2-9,12H,10-11H2,1H3,(H,21,22)/t12-/m1/s1. The highest BCUT2D eigenvalue weighted by molar-refractivity contribution is 8.00. The number of esters is 1. The summed E-state index contributed by atoms with van der Waals surface area (Å²) in [5, 5.41) is 3.30. The number of benzene rings is 2. The lowest BCUT2D eigenvalue weighted by Crippen LogP contribution is -2.16. The third kappa shape index (κ3) is 6.76. The molecule has 2 aromatic rings. The lowest BCUT2D eigenvalue weighted by molar-refractivity contribution is -0.145. The topological polar surface area (TPSA) is 55.4 Å². The number of rotatable bonds is 7. The molecule has 0 heterocycles. The minimum Gasteiger partial charge on any atom is -0.457 e. The van der Waals surface area contributed by atoms with E-state index in [1.807, 2.05) is 0 Å². The Hall–Kier alpha value is -2.05. The van der Waals surface area contributed by atoms with E-state index in [2.05, 4.69) is 5.32 Å². The molecule has 1 amide bonds. The van der Waals surface area contributed by atoms with Crippen molar-refractivity contribution in [2.75, 3.05) is 16.8 Å². The van der Waals surface area contributed by atoms with Crippen molar-refractivity contribution in [1.29, 1.82) is 0 Å². The summed E-state index contributed by atoms with van der Waals surface area (Å²) in [5.41, 5.74) is 1.35. The molecule has 2 aromatic carbocycles. The molecule has 0 aliphatic heterocycles. The Labute approximate surface area is 154 Å². The van der Waals surface area contributed by atoms with Crippen molar-refractivity contribution in [2.45, 2.75) is 13.0 Å². The van der Waals surface area contributed by atoms with E-state index in [0.717, 1.165) is 11.8 Å². The van der Waals surface area contributed by atoms with Crippen LogP contribution in [0.2, 0.25) is 5.02 Å². The van der Waals surface area contributed by atoms with Gasteiger partial charge in [0.15, 0.2) is 0 Å². The normalized spacial score (nSPS) is 11.6. The molecule has 0 aliphatic carbocycles. The van der Waals surface area contributed by atoms with E-state index >= 15 is 0 Å². The van der Waals surface area contributed by atoms with Gasteiger partial charge < -0.3 is 10.1 Å². The third-order valence-electron chi connectivity index (χ3n) is 3.23. The van der Waals surface area contributed by atoms with Crippen LogP contribution in [-0.4, -0.2) is 23.4 Å². The van der Waals surface area contributed by atoms with Gasteiger partial charge in [-0.3, -0.25) is 9.59 Å². The zero-order chi connectivity index (χ0) is 18.2. The summed E-state index contributed by atoms with van der Waals surface area (Å²) >= 11 is 6.93. The highest BCUT2D eigenvalue weighted by Gasteiger charge is 2.13. The number of thioether (sulfide) groups is 1. The van der Waals surface area contributed by atoms with Gasteiger partial charge in [-0.2, -0.15) is 0 Å². The minimum absolute atomic E-state index is 0.0551. The number of carbonyl (C=O) groups is 2. The van der Waals surface area contributed by atoms with Gasteiger partial charge in [0.2, 0.25) is 5.91 Å². The van der Waals surface area contributed by atoms with Crippen LogP contribution in [0.5, 0.6) is 0 Å². The first-order valence-corrected chi connectivity index (χ1v) is 9.05. The number of amides is 1. The second kappa shape index (κ2) is 9.44. The Morgan fingerprint density at radius 1 is 1.12 bits per heavy atom. The predicted octanol–water partition coefficient (Wildman–Crippen LogP) is 4.46. The van der Waals surface area contributed by atoms with Crippen molar-refractivity contribution in [1.82, 2.24) is 0 Å². The van der Waals surface area contributed by atoms with E-state index < -0.39 is 12.1 Å². The first-order valence-electron chi connectivity index (χ1n) is 7.52. The summed E-state index contributed by atoms with van der Waals surface area (Å²) in [6.45, 7) is 1.71. The maximum Gasteiger partial charge on any atom is 0.316 e. The number of carbonyl (C=O) groups excluding carboxylic acids is 2. The monoisotopic (exact) mass is 381 g/mol. The van der Waals surface area contributed by atoms with E-state index in [1.165, 1.54) is 12.1 Å². The molecular formula is C18H17ClFNO3S. The van der Waals surface area contributed by atoms with Crippen LogP contribution >= 0.6 is 23.4 Å². The van der Waals surface area contributed by atoms with Crippen molar-refractivity contribution < 1.29 is 18.7 Å². The molecular weight excluding hydrogens is 365 g/mol. The lowest BCUT2D eigenvalue weighted by atomic mass is 10.1. The number of hydrogen-bond acceptors (Lipinski definition) is 4. The van der Waals surface area contributed by atoms with Gasteiger partial charge in [-0.05, 0) is 48.9 Å². The molecule has 0 unspecified atom stereocenters. The van der Waals surface area contributed by atoms with Crippen LogP contribution < -0.4 is 5.32 Å². The van der Waals surface area contributed by atoms with Crippen LogP contribution in [0.15, 0.2) is 48.5 Å². The fourth-order valence-corrected chi connectivity index (χ4v) is 2.71. The molecule has 0 bridgehead atoms. The molecule has 7 heteroatoms. The number of nitrogens with one attached hydrogen (secondary N) is 1. The highest BCUT2D eigenvalue weighted by atomic mass is 35.5. The van der Waals surface area contributed by atoms with Crippen LogP contribution in [0.1, 0.15) is 18.6 Å². The smallest absolute Gasteiger partial charge is 0.316 e. The summed E-state index contributed by atoms with van der Waals surface area (Å²) < 4.78 is 18.1. The molecule has 25 heavy (non-hydrogen) atoms. The predicted molar refractivity (Wildman–Crippen MR) is 98.3 cm³/mol. The number of ether oxygens (including phenoxy) is 1. The Bertz CT molecular complexity index is 722. The summed E-state index contributed by atoms with van der Waals surface area (Å²) in [6, 6.07) is 12.5. The van der Waals surface area contributed by atoms with E-state index in [9.17, 15) is 14.0 Å². The zero-order valence-electron chi connectivity index (χ0n) is 13.5. The van der Waals surface area contributed by atoms with E-state index in [-0.39, 0.29) is 23.2 Å². The van der Waals surface area contributed by atoms with Crippen LogP contribution in [0, 0.1) is 5.82 Å². The van der Waals surface area contributed by atoms with Gasteiger partial charge in [-0.25, -0.2) is 4.39 Å². The SMILES string of the molecule is C[C@@H](OC(=O)CSCC(=O)Nc1ccc(Cl)cc1)c1ccc(F)cc1. The van der Waals surface area contributed by atoms with Crippen LogP contribution in [0.4, 0.5) is 10.1 Å². The summed E-state index contributed by atoms with van der Waals surface area (Å²) in [6.07, 6.45) is -0.475. The van der Waals surface area contributed by atoms with Crippen molar-refractivity contribution in [2.24, 2.45) is 0 Å². The molecule has 1 atom stereocenters. The second-order valence-electron chi connectivity index (χ2n) is 5.23. The van der Waals surface area contributed by atoms with Crippen molar-refractivity contribution in [3.8, 4) is 0 Å². The number of hydrogen-bond donors (Lipinski definition) is 1. The fourth-order valence-electron chi connectivity index (χ4n) is 1.99. The summed E-state index contributed by atoms with van der Waals surface area (Å²) in [4.78, 5) is 23.6. The Morgan fingerprint density at radius 3 is 2.40 bits per heavy atom. The largest absolute Gasteiger partial charge is 0.457 e. The van der Waals surface area contributed by atoms with Gasteiger partial charge in [0.05, 0.1) is 11.5 Å². The molecule has 132 valence electrons. The van der Waals surface area contributed by atoms with Gasteiger partial charge in [0, 0.05) is 10.7 Å². The maximum atomic E-state index is 12.9. The van der Waals surface area contributed by atoms with Crippen molar-refractivity contribution in [3.63, 3.8) is 0 Å². The van der Waals surface area contributed by atoms with Gasteiger partial charge in [0.25, 0.3) is 0 Å².